The number of ether oxygens (including phenoxy) is 1. The Morgan fingerprint density at radius 2 is 1.24 bits per heavy atom. The fourth-order valence-electron chi connectivity index (χ4n) is 1.81. The van der Waals surface area contributed by atoms with Gasteiger partial charge in [0.15, 0.2) is 0 Å². The highest BCUT2D eigenvalue weighted by Crippen LogP contribution is 2.25. The van der Waals surface area contributed by atoms with Gasteiger partial charge in [0, 0.05) is 6.42 Å². The fourth-order valence-corrected chi connectivity index (χ4v) is 1.81. The molecule has 0 amide bonds. The molecule has 0 aliphatic heterocycles. The third-order valence-corrected chi connectivity index (χ3v) is 2.79. The van der Waals surface area contributed by atoms with Crippen LogP contribution >= 0.6 is 7.82 Å². The van der Waals surface area contributed by atoms with Gasteiger partial charge in [-0.1, -0.05) is 58.3 Å². The Bertz CT molecular complexity index is 268. The van der Waals surface area contributed by atoms with E-state index in [-0.39, 0.29) is 5.97 Å². The smallest absolute Gasteiger partial charge is 0.466 e. The van der Waals surface area contributed by atoms with Crippen molar-refractivity contribution in [1.82, 2.24) is 0 Å². The SMILES string of the molecule is CCCCCCCCCCCC(=O)OCC.O=P(O)(O)O. The van der Waals surface area contributed by atoms with Crippen molar-refractivity contribution in [2.75, 3.05) is 6.61 Å². The molecule has 0 aromatic heterocycles. The molecule has 0 saturated heterocycles. The Morgan fingerprint density at radius 3 is 1.62 bits per heavy atom. The third-order valence-electron chi connectivity index (χ3n) is 2.79. The van der Waals surface area contributed by atoms with Crippen molar-refractivity contribution >= 4 is 13.8 Å². The predicted molar refractivity (Wildman–Crippen MR) is 82.7 cm³/mol. The summed E-state index contributed by atoms with van der Waals surface area (Å²) in [6, 6.07) is 0. The lowest BCUT2D eigenvalue weighted by molar-refractivity contribution is -0.143. The van der Waals surface area contributed by atoms with Crippen LogP contribution in [-0.4, -0.2) is 27.3 Å². The minimum atomic E-state index is -4.64. The summed E-state index contributed by atoms with van der Waals surface area (Å²) in [5.74, 6) is -0.0366. The molecule has 0 spiro atoms. The summed E-state index contributed by atoms with van der Waals surface area (Å²) in [7, 11) is -4.64. The number of carbonyl (C=O) groups excluding carboxylic acids is 1. The van der Waals surface area contributed by atoms with Crippen LogP contribution in [0.4, 0.5) is 0 Å². The Kier molecular flexibility index (Phi) is 17.4. The summed E-state index contributed by atoms with van der Waals surface area (Å²) in [4.78, 5) is 32.6. The molecule has 0 aliphatic carbocycles. The van der Waals surface area contributed by atoms with Crippen LogP contribution in [-0.2, 0) is 14.1 Å². The molecule has 0 atom stereocenters. The van der Waals surface area contributed by atoms with E-state index in [9.17, 15) is 4.79 Å². The van der Waals surface area contributed by atoms with E-state index in [1.165, 1.54) is 51.4 Å². The van der Waals surface area contributed by atoms with Crippen LogP contribution in [0.2, 0.25) is 0 Å². The van der Waals surface area contributed by atoms with Gasteiger partial charge in [0.2, 0.25) is 0 Å². The first-order valence-electron chi connectivity index (χ1n) is 7.75. The lowest BCUT2D eigenvalue weighted by atomic mass is 10.1. The normalized spacial score (nSPS) is 10.7. The summed E-state index contributed by atoms with van der Waals surface area (Å²) in [6.07, 6.45) is 12.2. The number of hydrogen-bond acceptors (Lipinski definition) is 3. The second kappa shape index (κ2) is 16.0. The summed E-state index contributed by atoms with van der Waals surface area (Å²) in [5.41, 5.74) is 0. The van der Waals surface area contributed by atoms with Crippen LogP contribution in [0.1, 0.15) is 78.1 Å². The summed E-state index contributed by atoms with van der Waals surface area (Å²) < 4.78 is 13.8. The van der Waals surface area contributed by atoms with Crippen LogP contribution in [0.15, 0.2) is 0 Å². The van der Waals surface area contributed by atoms with E-state index >= 15 is 0 Å². The zero-order chi connectivity index (χ0) is 16.6. The number of carbonyl (C=O) groups is 1. The molecule has 0 aliphatic rings. The van der Waals surface area contributed by atoms with E-state index in [0.29, 0.717) is 13.0 Å². The van der Waals surface area contributed by atoms with Gasteiger partial charge in [0.05, 0.1) is 6.61 Å². The standard InChI is InChI=1S/C14H28O2.H3O4P/c1-3-5-6-7-8-9-10-11-12-13-14(15)16-4-2;1-5(2,3)4/h3-13H2,1-2H3;(H3,1,2,3,4). The Hall–Kier alpha value is -0.420. The van der Waals surface area contributed by atoms with Gasteiger partial charge < -0.3 is 19.4 Å². The molecule has 128 valence electrons. The summed E-state index contributed by atoms with van der Waals surface area (Å²) in [6.45, 7) is 4.61. The topological polar surface area (TPSA) is 104 Å². The number of hydrogen-bond donors (Lipinski definition) is 3. The van der Waals surface area contributed by atoms with Gasteiger partial charge in [0.25, 0.3) is 0 Å². The molecular formula is C14H31O6P. The monoisotopic (exact) mass is 326 g/mol. The second-order valence-corrected chi connectivity index (χ2v) is 5.92. The molecule has 3 N–H and O–H groups in total. The molecule has 0 fully saturated rings. The minimum Gasteiger partial charge on any atom is -0.466 e. The van der Waals surface area contributed by atoms with Gasteiger partial charge in [-0.25, -0.2) is 4.57 Å². The maximum absolute atomic E-state index is 11.0. The molecule has 0 aromatic carbocycles. The minimum absolute atomic E-state index is 0.0366. The molecule has 0 heterocycles. The van der Waals surface area contributed by atoms with E-state index < -0.39 is 7.82 Å². The van der Waals surface area contributed by atoms with Crippen molar-refractivity contribution in [2.45, 2.75) is 78.1 Å². The van der Waals surface area contributed by atoms with Gasteiger partial charge in [-0.2, -0.15) is 0 Å². The van der Waals surface area contributed by atoms with Gasteiger partial charge >= 0.3 is 13.8 Å². The molecule has 0 saturated carbocycles. The lowest BCUT2D eigenvalue weighted by Gasteiger charge is -2.02. The molecule has 0 bridgehead atoms. The maximum Gasteiger partial charge on any atom is 0.466 e. The van der Waals surface area contributed by atoms with Crippen molar-refractivity contribution in [3.8, 4) is 0 Å². The van der Waals surface area contributed by atoms with Crippen molar-refractivity contribution in [1.29, 1.82) is 0 Å². The average Bonchev–Trinajstić information content (AvgIpc) is 2.35. The zero-order valence-electron chi connectivity index (χ0n) is 13.3. The highest BCUT2D eigenvalue weighted by atomic mass is 31.2. The van der Waals surface area contributed by atoms with Gasteiger partial charge in [-0.05, 0) is 13.3 Å². The first-order chi connectivity index (χ1) is 9.81. The van der Waals surface area contributed by atoms with Crippen LogP contribution in [0.25, 0.3) is 0 Å². The quantitative estimate of drug-likeness (QED) is 0.305. The Labute approximate surface area is 128 Å². The van der Waals surface area contributed by atoms with Crippen molar-refractivity contribution in [3.05, 3.63) is 0 Å². The molecule has 7 heteroatoms. The Morgan fingerprint density at radius 1 is 0.857 bits per heavy atom. The predicted octanol–water partition coefficient (Wildman–Crippen LogP) is 3.54. The van der Waals surface area contributed by atoms with Gasteiger partial charge in [-0.3, -0.25) is 4.79 Å². The second-order valence-electron chi connectivity index (χ2n) is 4.90. The van der Waals surface area contributed by atoms with Crippen LogP contribution < -0.4 is 0 Å². The Balaban J connectivity index is 0. The third kappa shape index (κ3) is 32.8. The molecule has 0 unspecified atom stereocenters. The van der Waals surface area contributed by atoms with E-state index in [1.807, 2.05) is 6.92 Å². The first kappa shape index (κ1) is 22.9. The largest absolute Gasteiger partial charge is 0.466 e. The first-order valence-corrected chi connectivity index (χ1v) is 9.31. The molecular weight excluding hydrogens is 295 g/mol. The maximum atomic E-state index is 11.0. The lowest BCUT2D eigenvalue weighted by Crippen LogP contribution is -2.03. The van der Waals surface area contributed by atoms with Crippen LogP contribution in [0, 0.1) is 0 Å². The van der Waals surface area contributed by atoms with Crippen molar-refractivity contribution in [3.63, 3.8) is 0 Å². The fraction of sp³-hybridized carbons (Fsp3) is 0.929. The van der Waals surface area contributed by atoms with Crippen LogP contribution in [0.5, 0.6) is 0 Å². The molecule has 0 rings (SSSR count). The van der Waals surface area contributed by atoms with E-state index in [1.54, 1.807) is 0 Å². The van der Waals surface area contributed by atoms with Gasteiger partial charge in [-0.15, -0.1) is 0 Å². The van der Waals surface area contributed by atoms with Crippen LogP contribution in [0.3, 0.4) is 0 Å². The molecule has 0 aromatic rings. The molecule has 0 radical (unpaired) electrons. The van der Waals surface area contributed by atoms with E-state index in [2.05, 4.69) is 6.92 Å². The highest BCUT2D eigenvalue weighted by molar-refractivity contribution is 7.45. The average molecular weight is 326 g/mol. The summed E-state index contributed by atoms with van der Waals surface area (Å²) in [5, 5.41) is 0. The molecule has 6 nitrogen and oxygen atoms in total. The van der Waals surface area contributed by atoms with Crippen molar-refractivity contribution < 1.29 is 28.8 Å². The summed E-state index contributed by atoms with van der Waals surface area (Å²) >= 11 is 0. The number of rotatable bonds is 11. The number of phosphoric acid groups is 1. The highest BCUT2D eigenvalue weighted by Gasteiger charge is 2.00. The van der Waals surface area contributed by atoms with E-state index in [4.69, 9.17) is 24.0 Å². The van der Waals surface area contributed by atoms with Gasteiger partial charge in [0.1, 0.15) is 0 Å². The number of unbranched alkanes of at least 4 members (excludes halogenated alkanes) is 8. The zero-order valence-corrected chi connectivity index (χ0v) is 14.2. The molecule has 21 heavy (non-hydrogen) atoms. The number of esters is 1. The van der Waals surface area contributed by atoms with E-state index in [0.717, 1.165) is 6.42 Å². The van der Waals surface area contributed by atoms with Crippen molar-refractivity contribution in [2.24, 2.45) is 0 Å².